The van der Waals surface area contributed by atoms with E-state index in [4.69, 9.17) is 11.6 Å². The number of aliphatic carboxylic acids is 1. The number of carbonyl (C=O) groups is 3. The largest absolute Gasteiger partial charge is 0.480 e. The van der Waals surface area contributed by atoms with Crippen LogP contribution in [0.4, 0.5) is 5.69 Å². The normalized spacial score (nSPS) is 16.6. The molecule has 3 rings (SSSR count). The highest BCUT2D eigenvalue weighted by atomic mass is 35.5. The Bertz CT molecular complexity index is 884. The van der Waals surface area contributed by atoms with Crippen LogP contribution in [0.5, 0.6) is 0 Å². The monoisotopic (exact) mass is 386 g/mol. The fraction of sp³-hybridized carbons (Fsp3) is 0.250. The topological polar surface area (TPSA) is 86.7 Å². The lowest BCUT2D eigenvalue weighted by Crippen LogP contribution is -2.48. The summed E-state index contributed by atoms with van der Waals surface area (Å²) in [5, 5.41) is 12.4. The number of carbonyl (C=O) groups excluding carboxylic acids is 2. The molecule has 0 saturated carbocycles. The van der Waals surface area contributed by atoms with Crippen molar-refractivity contribution in [1.29, 1.82) is 0 Å². The SMILES string of the molecule is O=C(Nc1cccc(C(=O)N2CCCCC2C(=O)O)c1)c1ccccc1Cl. The summed E-state index contributed by atoms with van der Waals surface area (Å²) in [6.07, 6.45) is 2.01. The number of carboxylic acid groups (broad SMARTS) is 1. The molecular formula is C20H19ClN2O4. The van der Waals surface area contributed by atoms with Gasteiger partial charge in [0.05, 0.1) is 10.6 Å². The van der Waals surface area contributed by atoms with Crippen LogP contribution in [0.15, 0.2) is 48.5 Å². The molecule has 6 nitrogen and oxygen atoms in total. The molecule has 2 amide bonds. The van der Waals surface area contributed by atoms with Crippen molar-refractivity contribution in [3.05, 3.63) is 64.7 Å². The van der Waals surface area contributed by atoms with Gasteiger partial charge >= 0.3 is 5.97 Å². The van der Waals surface area contributed by atoms with E-state index < -0.39 is 12.0 Å². The summed E-state index contributed by atoms with van der Waals surface area (Å²) in [7, 11) is 0. The molecule has 1 aliphatic rings. The third-order valence-electron chi connectivity index (χ3n) is 4.53. The van der Waals surface area contributed by atoms with Gasteiger partial charge in [-0.3, -0.25) is 9.59 Å². The molecule has 2 aromatic carbocycles. The summed E-state index contributed by atoms with van der Waals surface area (Å²) in [4.78, 5) is 38.0. The van der Waals surface area contributed by atoms with Gasteiger partial charge in [0.15, 0.2) is 0 Å². The van der Waals surface area contributed by atoms with E-state index in [1.54, 1.807) is 48.5 Å². The first-order valence-electron chi connectivity index (χ1n) is 8.67. The third kappa shape index (κ3) is 4.28. The standard InChI is InChI=1S/C20H19ClN2O4/c21-16-9-2-1-8-15(16)18(24)22-14-7-5-6-13(12-14)19(25)23-11-4-3-10-17(23)20(26)27/h1-2,5-9,12,17H,3-4,10-11H2,(H,22,24)(H,26,27). The number of amides is 2. The van der Waals surface area contributed by atoms with Crippen molar-refractivity contribution in [2.75, 3.05) is 11.9 Å². The van der Waals surface area contributed by atoms with E-state index >= 15 is 0 Å². The van der Waals surface area contributed by atoms with Crippen LogP contribution in [-0.2, 0) is 4.79 Å². The fourth-order valence-electron chi connectivity index (χ4n) is 3.17. The molecule has 1 fully saturated rings. The number of rotatable bonds is 4. The maximum Gasteiger partial charge on any atom is 0.326 e. The van der Waals surface area contributed by atoms with Gasteiger partial charge < -0.3 is 15.3 Å². The molecule has 0 bridgehead atoms. The lowest BCUT2D eigenvalue weighted by Gasteiger charge is -2.33. The molecule has 1 unspecified atom stereocenters. The average molecular weight is 387 g/mol. The predicted octanol–water partition coefficient (Wildman–Crippen LogP) is 3.67. The summed E-state index contributed by atoms with van der Waals surface area (Å²) < 4.78 is 0. The zero-order chi connectivity index (χ0) is 19.4. The molecule has 7 heteroatoms. The van der Waals surface area contributed by atoms with E-state index in [2.05, 4.69) is 5.32 Å². The molecule has 2 aromatic rings. The van der Waals surface area contributed by atoms with Gasteiger partial charge in [0.25, 0.3) is 11.8 Å². The van der Waals surface area contributed by atoms with Gasteiger partial charge in [-0.2, -0.15) is 0 Å². The Morgan fingerprint density at radius 3 is 2.59 bits per heavy atom. The van der Waals surface area contributed by atoms with Crippen LogP contribution in [0.3, 0.4) is 0 Å². The van der Waals surface area contributed by atoms with E-state index in [-0.39, 0.29) is 11.8 Å². The van der Waals surface area contributed by atoms with Crippen molar-refractivity contribution >= 4 is 35.1 Å². The van der Waals surface area contributed by atoms with E-state index in [1.165, 1.54) is 4.90 Å². The number of halogens is 1. The number of hydrogen-bond acceptors (Lipinski definition) is 3. The zero-order valence-corrected chi connectivity index (χ0v) is 15.3. The number of carboxylic acids is 1. The first-order chi connectivity index (χ1) is 13.0. The van der Waals surface area contributed by atoms with E-state index in [0.717, 1.165) is 12.8 Å². The summed E-state index contributed by atoms with van der Waals surface area (Å²) >= 11 is 6.04. The van der Waals surface area contributed by atoms with Gasteiger partial charge in [-0.25, -0.2) is 4.79 Å². The van der Waals surface area contributed by atoms with Crippen LogP contribution < -0.4 is 5.32 Å². The Balaban J connectivity index is 1.79. The van der Waals surface area contributed by atoms with Gasteiger partial charge in [-0.15, -0.1) is 0 Å². The quantitative estimate of drug-likeness (QED) is 0.839. The van der Waals surface area contributed by atoms with E-state index in [9.17, 15) is 19.5 Å². The highest BCUT2D eigenvalue weighted by Crippen LogP contribution is 2.22. The van der Waals surface area contributed by atoms with Crippen LogP contribution in [-0.4, -0.2) is 40.4 Å². The van der Waals surface area contributed by atoms with Gasteiger partial charge in [0.2, 0.25) is 0 Å². The van der Waals surface area contributed by atoms with Gasteiger partial charge in [-0.1, -0.05) is 29.8 Å². The van der Waals surface area contributed by atoms with E-state index in [0.29, 0.717) is 34.8 Å². The second kappa shape index (κ2) is 8.22. The molecule has 1 heterocycles. The molecule has 1 aliphatic heterocycles. The second-order valence-corrected chi connectivity index (χ2v) is 6.77. The predicted molar refractivity (Wildman–Crippen MR) is 102 cm³/mol. The minimum Gasteiger partial charge on any atom is -0.480 e. The number of piperidine rings is 1. The number of nitrogens with zero attached hydrogens (tertiary/aromatic N) is 1. The number of nitrogens with one attached hydrogen (secondary N) is 1. The van der Waals surface area contributed by atoms with E-state index in [1.807, 2.05) is 0 Å². The molecular weight excluding hydrogens is 368 g/mol. The minimum absolute atomic E-state index is 0.331. The Kier molecular flexibility index (Phi) is 5.76. The molecule has 2 N–H and O–H groups in total. The van der Waals surface area contributed by atoms with Crippen LogP contribution in [0.1, 0.15) is 40.0 Å². The van der Waals surface area contributed by atoms with Crippen molar-refractivity contribution in [2.45, 2.75) is 25.3 Å². The van der Waals surface area contributed by atoms with Crippen LogP contribution in [0.2, 0.25) is 5.02 Å². The summed E-state index contributed by atoms with van der Waals surface area (Å²) in [6.45, 7) is 0.409. The number of benzene rings is 2. The molecule has 1 atom stereocenters. The first kappa shape index (κ1) is 18.9. The van der Waals surface area contributed by atoms with Crippen molar-refractivity contribution in [3.8, 4) is 0 Å². The number of anilines is 1. The fourth-order valence-corrected chi connectivity index (χ4v) is 3.39. The molecule has 27 heavy (non-hydrogen) atoms. The molecule has 0 aliphatic carbocycles. The lowest BCUT2D eigenvalue weighted by molar-refractivity contribution is -0.143. The Morgan fingerprint density at radius 1 is 1.07 bits per heavy atom. The van der Waals surface area contributed by atoms with Crippen molar-refractivity contribution in [3.63, 3.8) is 0 Å². The maximum atomic E-state index is 12.8. The number of hydrogen-bond donors (Lipinski definition) is 2. The third-order valence-corrected chi connectivity index (χ3v) is 4.86. The lowest BCUT2D eigenvalue weighted by atomic mass is 10.0. The van der Waals surface area contributed by atoms with Crippen LogP contribution in [0, 0.1) is 0 Å². The van der Waals surface area contributed by atoms with Crippen LogP contribution >= 0.6 is 11.6 Å². The smallest absolute Gasteiger partial charge is 0.326 e. The van der Waals surface area contributed by atoms with Crippen molar-refractivity contribution in [2.24, 2.45) is 0 Å². The highest BCUT2D eigenvalue weighted by Gasteiger charge is 2.32. The number of likely N-dealkylation sites (tertiary alicyclic amines) is 1. The molecule has 0 radical (unpaired) electrons. The average Bonchev–Trinajstić information content (AvgIpc) is 2.68. The Hall–Kier alpha value is -2.86. The summed E-state index contributed by atoms with van der Waals surface area (Å²) in [6, 6.07) is 12.3. The van der Waals surface area contributed by atoms with Gasteiger partial charge in [0, 0.05) is 17.8 Å². The van der Waals surface area contributed by atoms with Crippen molar-refractivity contribution < 1.29 is 19.5 Å². The first-order valence-corrected chi connectivity index (χ1v) is 9.05. The minimum atomic E-state index is -0.994. The molecule has 0 spiro atoms. The van der Waals surface area contributed by atoms with Crippen molar-refractivity contribution in [1.82, 2.24) is 4.90 Å². The molecule has 0 aromatic heterocycles. The highest BCUT2D eigenvalue weighted by molar-refractivity contribution is 6.34. The zero-order valence-electron chi connectivity index (χ0n) is 14.5. The summed E-state index contributed by atoms with van der Waals surface area (Å²) in [5.41, 5.74) is 1.10. The second-order valence-electron chi connectivity index (χ2n) is 6.36. The maximum absolute atomic E-state index is 12.8. The Labute approximate surface area is 161 Å². The van der Waals surface area contributed by atoms with Crippen LogP contribution in [0.25, 0.3) is 0 Å². The summed E-state index contributed by atoms with van der Waals surface area (Å²) in [5.74, 6) is -1.73. The van der Waals surface area contributed by atoms with Gasteiger partial charge in [0.1, 0.15) is 6.04 Å². The molecule has 140 valence electrons. The molecule has 1 saturated heterocycles. The van der Waals surface area contributed by atoms with Gasteiger partial charge in [-0.05, 0) is 49.6 Å². The Morgan fingerprint density at radius 2 is 1.85 bits per heavy atom.